The quantitative estimate of drug-likeness (QED) is 0.724. The average Bonchev–Trinajstić information content (AvgIpc) is 3.29. The van der Waals surface area contributed by atoms with Crippen LogP contribution in [0.4, 0.5) is 5.82 Å². The summed E-state index contributed by atoms with van der Waals surface area (Å²) in [7, 11) is 0. The van der Waals surface area contributed by atoms with Crippen LogP contribution in [-0.4, -0.2) is 29.0 Å². The van der Waals surface area contributed by atoms with E-state index in [1.54, 1.807) is 0 Å². The van der Waals surface area contributed by atoms with Gasteiger partial charge in [-0.2, -0.15) is 5.26 Å². The Morgan fingerprint density at radius 1 is 1.03 bits per heavy atom. The molecule has 1 amide bonds. The maximum Gasteiger partial charge on any atom is 0.244 e. The van der Waals surface area contributed by atoms with Crippen molar-refractivity contribution >= 4 is 22.8 Å². The van der Waals surface area contributed by atoms with E-state index in [4.69, 9.17) is 9.97 Å². The Morgan fingerprint density at radius 2 is 1.66 bits per heavy atom. The van der Waals surface area contributed by atoms with Crippen molar-refractivity contribution in [2.75, 3.05) is 18.0 Å². The second-order valence-corrected chi connectivity index (χ2v) is 7.32. The summed E-state index contributed by atoms with van der Waals surface area (Å²) in [5, 5.41) is 12.8. The van der Waals surface area contributed by atoms with E-state index in [9.17, 15) is 10.1 Å². The minimum atomic E-state index is -1.02. The van der Waals surface area contributed by atoms with Gasteiger partial charge >= 0.3 is 0 Å². The summed E-state index contributed by atoms with van der Waals surface area (Å²) < 4.78 is 0. The predicted molar refractivity (Wildman–Crippen MR) is 112 cm³/mol. The number of hydrogen-bond acceptors (Lipinski definition) is 5. The topological polar surface area (TPSA) is 81.9 Å². The van der Waals surface area contributed by atoms with Crippen LogP contribution >= 0.6 is 0 Å². The standard InChI is InChI=1S/C23H23N5O/c1-16(17-9-3-2-4-10-17)25-23(29)18(15-24)21-22(28-13-7-8-14-28)27-20-12-6-5-11-19(20)26-21/h2-6,9-12,16,18H,7-8,13-14H2,1H3,(H,25,29)/t16-,18-/m1/s1. The molecule has 1 aromatic heterocycles. The van der Waals surface area contributed by atoms with Crippen molar-refractivity contribution in [3.05, 3.63) is 65.9 Å². The smallest absolute Gasteiger partial charge is 0.244 e. The van der Waals surface area contributed by atoms with Gasteiger partial charge in [0.15, 0.2) is 11.7 Å². The molecular formula is C23H23N5O. The van der Waals surface area contributed by atoms with Gasteiger partial charge in [0.2, 0.25) is 5.91 Å². The molecule has 0 radical (unpaired) electrons. The lowest BCUT2D eigenvalue weighted by Crippen LogP contribution is -2.33. The first-order valence-electron chi connectivity index (χ1n) is 9.94. The van der Waals surface area contributed by atoms with Crippen LogP contribution in [0.25, 0.3) is 11.0 Å². The van der Waals surface area contributed by atoms with Crippen LogP contribution in [0.2, 0.25) is 0 Å². The van der Waals surface area contributed by atoms with E-state index in [1.165, 1.54) is 0 Å². The third kappa shape index (κ3) is 3.90. The normalized spacial score (nSPS) is 15.7. The zero-order valence-corrected chi connectivity index (χ0v) is 16.4. The highest BCUT2D eigenvalue weighted by Crippen LogP contribution is 2.30. The molecule has 1 N–H and O–H groups in total. The minimum absolute atomic E-state index is 0.205. The van der Waals surface area contributed by atoms with Gasteiger partial charge in [0.25, 0.3) is 0 Å². The Balaban J connectivity index is 1.69. The van der Waals surface area contributed by atoms with Gasteiger partial charge < -0.3 is 10.2 Å². The van der Waals surface area contributed by atoms with Gasteiger partial charge in [-0.15, -0.1) is 0 Å². The number of rotatable bonds is 5. The third-order valence-corrected chi connectivity index (χ3v) is 5.31. The van der Waals surface area contributed by atoms with Crippen molar-refractivity contribution in [1.29, 1.82) is 5.26 Å². The summed E-state index contributed by atoms with van der Waals surface area (Å²) in [6, 6.07) is 19.2. The van der Waals surface area contributed by atoms with Crippen LogP contribution in [0.3, 0.4) is 0 Å². The molecule has 1 aliphatic rings. The van der Waals surface area contributed by atoms with E-state index in [0.717, 1.165) is 37.0 Å². The van der Waals surface area contributed by atoms with Crippen molar-refractivity contribution in [3.63, 3.8) is 0 Å². The molecule has 1 fully saturated rings. The van der Waals surface area contributed by atoms with Crippen molar-refractivity contribution in [2.24, 2.45) is 0 Å². The Morgan fingerprint density at radius 3 is 2.31 bits per heavy atom. The van der Waals surface area contributed by atoms with Gasteiger partial charge in [0, 0.05) is 13.1 Å². The van der Waals surface area contributed by atoms with E-state index in [1.807, 2.05) is 61.5 Å². The highest BCUT2D eigenvalue weighted by Gasteiger charge is 2.30. The van der Waals surface area contributed by atoms with Crippen LogP contribution in [0.1, 0.15) is 43.0 Å². The van der Waals surface area contributed by atoms with Gasteiger partial charge in [-0.25, -0.2) is 9.97 Å². The van der Waals surface area contributed by atoms with Crippen molar-refractivity contribution in [2.45, 2.75) is 31.7 Å². The summed E-state index contributed by atoms with van der Waals surface area (Å²) in [6.07, 6.45) is 2.14. The number of aromatic nitrogens is 2. The number of nitrogens with zero attached hydrogens (tertiary/aromatic N) is 4. The van der Waals surface area contributed by atoms with E-state index >= 15 is 0 Å². The molecule has 146 valence electrons. The lowest BCUT2D eigenvalue weighted by molar-refractivity contribution is -0.122. The summed E-state index contributed by atoms with van der Waals surface area (Å²) in [5.41, 5.74) is 2.88. The number of nitrogens with one attached hydrogen (secondary N) is 1. The number of carbonyl (C=O) groups excluding carboxylic acids is 1. The molecule has 0 unspecified atom stereocenters. The molecule has 2 aromatic carbocycles. The average molecular weight is 385 g/mol. The largest absolute Gasteiger partial charge is 0.355 e. The number of anilines is 1. The summed E-state index contributed by atoms with van der Waals surface area (Å²) in [5.74, 6) is -0.724. The van der Waals surface area contributed by atoms with Crippen LogP contribution in [0, 0.1) is 11.3 Å². The molecule has 1 aliphatic heterocycles. The number of nitriles is 1. The van der Waals surface area contributed by atoms with Gasteiger partial charge in [-0.3, -0.25) is 4.79 Å². The van der Waals surface area contributed by atoms with Crippen molar-refractivity contribution < 1.29 is 4.79 Å². The molecular weight excluding hydrogens is 362 g/mol. The Bertz CT molecular complexity index is 1050. The number of amides is 1. The maximum atomic E-state index is 13.0. The number of benzene rings is 2. The molecule has 29 heavy (non-hydrogen) atoms. The Hall–Kier alpha value is -3.46. The predicted octanol–water partition coefficient (Wildman–Crippen LogP) is 3.71. The highest BCUT2D eigenvalue weighted by atomic mass is 16.1. The van der Waals surface area contributed by atoms with Crippen molar-refractivity contribution in [1.82, 2.24) is 15.3 Å². The molecule has 2 atom stereocenters. The van der Waals surface area contributed by atoms with Gasteiger partial charge in [0.05, 0.1) is 23.1 Å². The second-order valence-electron chi connectivity index (χ2n) is 7.32. The van der Waals surface area contributed by atoms with Gasteiger partial charge in [-0.1, -0.05) is 42.5 Å². The van der Waals surface area contributed by atoms with E-state index in [0.29, 0.717) is 17.0 Å². The first-order valence-corrected chi connectivity index (χ1v) is 9.94. The third-order valence-electron chi connectivity index (χ3n) is 5.31. The molecule has 0 bridgehead atoms. The monoisotopic (exact) mass is 385 g/mol. The zero-order valence-electron chi connectivity index (χ0n) is 16.4. The zero-order chi connectivity index (χ0) is 20.2. The molecule has 0 spiro atoms. The number of hydrogen-bond donors (Lipinski definition) is 1. The maximum absolute atomic E-state index is 13.0. The molecule has 2 heterocycles. The molecule has 0 aliphatic carbocycles. The molecule has 1 saturated heterocycles. The van der Waals surface area contributed by atoms with E-state index in [2.05, 4.69) is 16.3 Å². The summed E-state index contributed by atoms with van der Waals surface area (Å²) in [6.45, 7) is 3.63. The van der Waals surface area contributed by atoms with Crippen molar-refractivity contribution in [3.8, 4) is 6.07 Å². The van der Waals surface area contributed by atoms with E-state index in [-0.39, 0.29) is 11.9 Å². The molecule has 4 rings (SSSR count). The second kappa shape index (κ2) is 8.27. The fourth-order valence-corrected chi connectivity index (χ4v) is 3.73. The Kier molecular flexibility index (Phi) is 5.39. The minimum Gasteiger partial charge on any atom is -0.355 e. The van der Waals surface area contributed by atoms with E-state index < -0.39 is 5.92 Å². The fraction of sp³-hybridized carbons (Fsp3) is 0.304. The Labute approximate surface area is 170 Å². The number of fused-ring (bicyclic) bond motifs is 1. The molecule has 6 heteroatoms. The van der Waals surface area contributed by atoms with Crippen LogP contribution in [-0.2, 0) is 4.79 Å². The molecule has 3 aromatic rings. The first-order chi connectivity index (χ1) is 14.2. The number of carbonyl (C=O) groups is 1. The van der Waals surface area contributed by atoms with Crippen LogP contribution < -0.4 is 10.2 Å². The van der Waals surface area contributed by atoms with Gasteiger partial charge in [0.1, 0.15) is 5.69 Å². The SMILES string of the molecule is C[C@@H](NC(=O)[C@H](C#N)c1nc2ccccc2nc1N1CCCC1)c1ccccc1. The van der Waals surface area contributed by atoms with Crippen LogP contribution in [0.5, 0.6) is 0 Å². The summed E-state index contributed by atoms with van der Waals surface area (Å²) in [4.78, 5) is 24.7. The fourth-order valence-electron chi connectivity index (χ4n) is 3.73. The van der Waals surface area contributed by atoms with Crippen LogP contribution in [0.15, 0.2) is 54.6 Å². The lowest BCUT2D eigenvalue weighted by Gasteiger charge is -2.23. The van der Waals surface area contributed by atoms with Gasteiger partial charge in [-0.05, 0) is 37.5 Å². The number of para-hydroxylation sites is 2. The first kappa shape index (κ1) is 18.9. The lowest BCUT2D eigenvalue weighted by atomic mass is 10.0. The molecule has 6 nitrogen and oxygen atoms in total. The molecule has 0 saturated carbocycles. The highest BCUT2D eigenvalue weighted by molar-refractivity contribution is 5.89. The summed E-state index contributed by atoms with van der Waals surface area (Å²) >= 11 is 0.